The highest BCUT2D eigenvalue weighted by Crippen LogP contribution is 2.30. The molecule has 0 unspecified atom stereocenters. The highest BCUT2D eigenvalue weighted by molar-refractivity contribution is 7.16. The molecule has 0 atom stereocenters. The molecule has 2 aromatic rings. The fourth-order valence-corrected chi connectivity index (χ4v) is 4.41. The minimum atomic E-state index is -0.613. The van der Waals surface area contributed by atoms with Crippen molar-refractivity contribution in [2.75, 3.05) is 31.1 Å². The normalized spacial score (nSPS) is 19.4. The predicted octanol–water partition coefficient (Wildman–Crippen LogP) is 2.46. The van der Waals surface area contributed by atoms with Crippen LogP contribution in [-0.4, -0.2) is 52.5 Å². The van der Waals surface area contributed by atoms with E-state index < -0.39 is 5.54 Å². The summed E-state index contributed by atoms with van der Waals surface area (Å²) in [6.07, 6.45) is 5.42. The van der Waals surface area contributed by atoms with Crippen LogP contribution < -0.4 is 10.6 Å². The number of carbonyl (C=O) groups is 1. The first-order valence-corrected chi connectivity index (χ1v) is 9.07. The van der Waals surface area contributed by atoms with Crippen molar-refractivity contribution in [3.05, 3.63) is 17.8 Å². The summed E-state index contributed by atoms with van der Waals surface area (Å²) >= 11 is 1.63. The van der Waals surface area contributed by atoms with Crippen LogP contribution in [0.25, 0.3) is 10.2 Å². The molecule has 1 saturated carbocycles. The summed E-state index contributed by atoms with van der Waals surface area (Å²) in [5.74, 6) is 1.12. The lowest BCUT2D eigenvalue weighted by Crippen LogP contribution is -2.58. The first kappa shape index (κ1) is 20.2. The van der Waals surface area contributed by atoms with E-state index in [2.05, 4.69) is 20.9 Å². The molecule has 0 bridgehead atoms. The maximum absolute atomic E-state index is 12.7. The molecule has 1 amide bonds. The van der Waals surface area contributed by atoms with Gasteiger partial charge < -0.3 is 15.5 Å². The fraction of sp³-hybridized carbons (Fsp3) is 0.562. The quantitative estimate of drug-likeness (QED) is 0.832. The second-order valence-electron chi connectivity index (χ2n) is 6.48. The Labute approximate surface area is 163 Å². The van der Waals surface area contributed by atoms with E-state index in [1.54, 1.807) is 17.7 Å². The summed E-state index contributed by atoms with van der Waals surface area (Å²) in [4.78, 5) is 26.7. The van der Waals surface area contributed by atoms with E-state index in [0.29, 0.717) is 13.1 Å². The molecule has 25 heavy (non-hydrogen) atoms. The van der Waals surface area contributed by atoms with Gasteiger partial charge >= 0.3 is 0 Å². The van der Waals surface area contributed by atoms with Crippen LogP contribution in [0.5, 0.6) is 0 Å². The second kappa shape index (κ2) is 8.03. The topological polar surface area (TPSA) is 75.4 Å². The van der Waals surface area contributed by atoms with Crippen molar-refractivity contribution in [2.45, 2.75) is 31.2 Å². The van der Waals surface area contributed by atoms with Crippen LogP contribution in [0.4, 0.5) is 5.82 Å². The molecule has 3 heterocycles. The Balaban J connectivity index is 0.00000113. The number of piperazine rings is 1. The summed E-state index contributed by atoms with van der Waals surface area (Å²) in [7, 11) is 0. The van der Waals surface area contributed by atoms with Crippen molar-refractivity contribution in [1.29, 1.82) is 0 Å². The van der Waals surface area contributed by atoms with E-state index in [0.717, 1.165) is 54.8 Å². The first-order chi connectivity index (χ1) is 11.2. The van der Waals surface area contributed by atoms with Crippen molar-refractivity contribution in [3.63, 3.8) is 0 Å². The van der Waals surface area contributed by atoms with Crippen LogP contribution in [0.3, 0.4) is 0 Å². The molecule has 6 nitrogen and oxygen atoms in total. The molecule has 2 fully saturated rings. The molecule has 0 spiro atoms. The van der Waals surface area contributed by atoms with Gasteiger partial charge in [-0.05, 0) is 24.3 Å². The number of amides is 1. The number of fused-ring (bicyclic) bond motifs is 1. The van der Waals surface area contributed by atoms with Gasteiger partial charge in [0, 0.05) is 26.2 Å². The number of thiophene rings is 1. The number of nitrogens with zero attached hydrogens (tertiary/aromatic N) is 4. The van der Waals surface area contributed by atoms with Crippen LogP contribution in [0.2, 0.25) is 0 Å². The Morgan fingerprint density at radius 2 is 1.80 bits per heavy atom. The standard InChI is InChI=1S/C16H21N5OS.2ClH/c17-16(4-1-2-5-16)15(22)21-8-6-20(7-9-21)13-12-3-10-23-14(12)19-11-18-13;;/h3,10-11H,1-2,4-9,17H2;2*1H. The average molecular weight is 404 g/mol. The lowest BCUT2D eigenvalue weighted by molar-refractivity contribution is -0.137. The summed E-state index contributed by atoms with van der Waals surface area (Å²) in [6.45, 7) is 3.02. The smallest absolute Gasteiger partial charge is 0.242 e. The number of nitrogens with two attached hydrogens (primary N) is 1. The van der Waals surface area contributed by atoms with Crippen molar-refractivity contribution >= 4 is 58.1 Å². The van der Waals surface area contributed by atoms with Gasteiger partial charge in [0.05, 0.1) is 10.9 Å². The molecule has 1 aliphatic heterocycles. The third kappa shape index (κ3) is 3.69. The van der Waals surface area contributed by atoms with Gasteiger partial charge in [-0.3, -0.25) is 4.79 Å². The van der Waals surface area contributed by atoms with Gasteiger partial charge in [0.2, 0.25) is 5.91 Å². The van der Waals surface area contributed by atoms with Crippen molar-refractivity contribution < 1.29 is 4.79 Å². The zero-order valence-corrected chi connectivity index (χ0v) is 16.3. The lowest BCUT2D eigenvalue weighted by atomic mass is 9.97. The zero-order valence-electron chi connectivity index (χ0n) is 13.9. The molecule has 0 radical (unpaired) electrons. The van der Waals surface area contributed by atoms with Gasteiger partial charge in [0.25, 0.3) is 0 Å². The lowest BCUT2D eigenvalue weighted by Gasteiger charge is -2.39. The molecular weight excluding hydrogens is 381 g/mol. The molecular formula is C16H23Cl2N5OS. The van der Waals surface area contributed by atoms with Crippen LogP contribution in [-0.2, 0) is 4.79 Å². The van der Waals surface area contributed by atoms with Gasteiger partial charge in [0.1, 0.15) is 17.0 Å². The zero-order chi connectivity index (χ0) is 15.9. The summed E-state index contributed by atoms with van der Waals surface area (Å²) in [5, 5.41) is 3.14. The van der Waals surface area contributed by atoms with Crippen LogP contribution in [0.1, 0.15) is 25.7 Å². The number of halogens is 2. The SMILES string of the molecule is Cl.Cl.NC1(C(=O)N2CCN(c3ncnc4sccc34)CC2)CCCC1. The molecule has 0 aromatic carbocycles. The molecule has 1 saturated heterocycles. The number of aromatic nitrogens is 2. The molecule has 4 rings (SSSR count). The van der Waals surface area contributed by atoms with Crippen LogP contribution in [0, 0.1) is 0 Å². The molecule has 9 heteroatoms. The third-order valence-corrected chi connectivity index (χ3v) is 5.85. The number of hydrogen-bond donors (Lipinski definition) is 1. The highest BCUT2D eigenvalue weighted by Gasteiger charge is 2.40. The van der Waals surface area contributed by atoms with Gasteiger partial charge in [-0.15, -0.1) is 36.2 Å². The Bertz CT molecular complexity index is 726. The first-order valence-electron chi connectivity index (χ1n) is 8.19. The average Bonchev–Trinajstić information content (AvgIpc) is 3.23. The van der Waals surface area contributed by atoms with E-state index >= 15 is 0 Å². The van der Waals surface area contributed by atoms with E-state index in [1.165, 1.54) is 0 Å². The van der Waals surface area contributed by atoms with E-state index in [4.69, 9.17) is 5.73 Å². The Kier molecular flexibility index (Phi) is 6.48. The minimum absolute atomic E-state index is 0. The number of carbonyl (C=O) groups excluding carboxylic acids is 1. The fourth-order valence-electron chi connectivity index (χ4n) is 3.68. The number of anilines is 1. The summed E-state index contributed by atoms with van der Waals surface area (Å²) in [5.41, 5.74) is 5.70. The van der Waals surface area contributed by atoms with E-state index in [-0.39, 0.29) is 30.7 Å². The van der Waals surface area contributed by atoms with E-state index in [9.17, 15) is 4.79 Å². The molecule has 1 aliphatic carbocycles. The summed E-state index contributed by atoms with van der Waals surface area (Å²) < 4.78 is 0. The highest BCUT2D eigenvalue weighted by atomic mass is 35.5. The van der Waals surface area contributed by atoms with Crippen molar-refractivity contribution in [3.8, 4) is 0 Å². The van der Waals surface area contributed by atoms with Crippen LogP contribution >= 0.6 is 36.2 Å². The van der Waals surface area contributed by atoms with Gasteiger partial charge in [-0.2, -0.15) is 0 Å². The number of rotatable bonds is 2. The third-order valence-electron chi connectivity index (χ3n) is 5.03. The summed E-state index contributed by atoms with van der Waals surface area (Å²) in [6, 6.07) is 2.07. The Morgan fingerprint density at radius 1 is 1.12 bits per heavy atom. The largest absolute Gasteiger partial charge is 0.352 e. The number of hydrogen-bond acceptors (Lipinski definition) is 6. The molecule has 138 valence electrons. The molecule has 2 N–H and O–H groups in total. The van der Waals surface area contributed by atoms with Gasteiger partial charge in [0.15, 0.2) is 0 Å². The maximum atomic E-state index is 12.7. The molecule has 2 aliphatic rings. The Hall–Kier alpha value is -1.15. The van der Waals surface area contributed by atoms with Gasteiger partial charge in [-0.1, -0.05) is 12.8 Å². The molecule has 2 aromatic heterocycles. The van der Waals surface area contributed by atoms with Crippen molar-refractivity contribution in [1.82, 2.24) is 14.9 Å². The maximum Gasteiger partial charge on any atom is 0.242 e. The minimum Gasteiger partial charge on any atom is -0.352 e. The van der Waals surface area contributed by atoms with Crippen molar-refractivity contribution in [2.24, 2.45) is 5.73 Å². The predicted molar refractivity (Wildman–Crippen MR) is 106 cm³/mol. The Morgan fingerprint density at radius 3 is 2.48 bits per heavy atom. The second-order valence-corrected chi connectivity index (χ2v) is 7.37. The monoisotopic (exact) mass is 403 g/mol. The van der Waals surface area contributed by atoms with E-state index in [1.807, 2.05) is 10.3 Å². The van der Waals surface area contributed by atoms with Gasteiger partial charge in [-0.25, -0.2) is 9.97 Å². The van der Waals surface area contributed by atoms with Crippen LogP contribution in [0.15, 0.2) is 17.8 Å².